The number of pyridine rings is 1. The second-order valence-electron chi connectivity index (χ2n) is 4.95. The number of benzene rings is 2. The summed E-state index contributed by atoms with van der Waals surface area (Å²) in [4.78, 5) is 16.0. The molecule has 0 amide bonds. The summed E-state index contributed by atoms with van der Waals surface area (Å²) in [6, 6.07) is 18.3. The molecule has 0 radical (unpaired) electrons. The predicted octanol–water partition coefficient (Wildman–Crippen LogP) is 4.41. The number of ketones is 1. The van der Waals surface area contributed by atoms with Crippen LogP contribution in [-0.2, 0) is 0 Å². The van der Waals surface area contributed by atoms with Gasteiger partial charge in [0.1, 0.15) is 0 Å². The van der Waals surface area contributed by atoms with Crippen LogP contribution in [0.5, 0.6) is 0 Å². The van der Waals surface area contributed by atoms with Crippen molar-refractivity contribution >= 4 is 16.6 Å². The number of rotatable bonds is 2. The van der Waals surface area contributed by atoms with Crippen LogP contribution in [-0.4, -0.2) is 10.8 Å². The molecule has 0 saturated carbocycles. The van der Waals surface area contributed by atoms with Crippen molar-refractivity contribution in [2.75, 3.05) is 0 Å². The number of hydrogen-bond acceptors (Lipinski definition) is 2. The monoisotopic (exact) mass is 261 g/mol. The van der Waals surface area contributed by atoms with E-state index in [1.165, 1.54) is 10.8 Å². The molecule has 0 saturated heterocycles. The predicted molar refractivity (Wildman–Crippen MR) is 81.9 cm³/mol. The van der Waals surface area contributed by atoms with Gasteiger partial charge in [-0.2, -0.15) is 0 Å². The van der Waals surface area contributed by atoms with E-state index in [-0.39, 0.29) is 5.78 Å². The largest absolute Gasteiger partial charge is 0.294 e. The highest BCUT2D eigenvalue weighted by Crippen LogP contribution is 2.24. The summed E-state index contributed by atoms with van der Waals surface area (Å²) < 4.78 is 0. The van der Waals surface area contributed by atoms with Crippen LogP contribution in [0.1, 0.15) is 23.0 Å². The van der Waals surface area contributed by atoms with Gasteiger partial charge in [0.05, 0.1) is 5.69 Å². The van der Waals surface area contributed by atoms with E-state index in [1.807, 2.05) is 31.2 Å². The lowest BCUT2D eigenvalue weighted by molar-refractivity contribution is 0.101. The smallest absolute Gasteiger partial charge is 0.161 e. The number of aryl methyl sites for hydroxylation is 1. The third-order valence-corrected chi connectivity index (χ3v) is 3.51. The van der Waals surface area contributed by atoms with Crippen LogP contribution in [0, 0.1) is 6.92 Å². The maximum atomic E-state index is 11.4. The molecule has 0 N–H and O–H groups in total. The Labute approximate surface area is 118 Å². The Morgan fingerprint density at radius 2 is 1.70 bits per heavy atom. The molecular formula is C18H15NO. The summed E-state index contributed by atoms with van der Waals surface area (Å²) >= 11 is 0. The van der Waals surface area contributed by atoms with Crippen molar-refractivity contribution in [2.45, 2.75) is 13.8 Å². The minimum Gasteiger partial charge on any atom is -0.294 e. The third-order valence-electron chi connectivity index (χ3n) is 3.51. The third kappa shape index (κ3) is 2.21. The molecule has 1 heterocycles. The fourth-order valence-corrected chi connectivity index (χ4v) is 2.44. The van der Waals surface area contributed by atoms with Crippen LogP contribution >= 0.6 is 0 Å². The average molecular weight is 261 g/mol. The fourth-order valence-electron chi connectivity index (χ4n) is 2.44. The fraction of sp³-hybridized carbons (Fsp3) is 0.111. The van der Waals surface area contributed by atoms with Gasteiger partial charge in [-0.3, -0.25) is 9.78 Å². The summed E-state index contributed by atoms with van der Waals surface area (Å²) in [6.45, 7) is 3.45. The first-order valence-corrected chi connectivity index (χ1v) is 6.63. The molecule has 3 rings (SSSR count). The highest BCUT2D eigenvalue weighted by atomic mass is 16.1. The van der Waals surface area contributed by atoms with E-state index < -0.39 is 0 Å². The van der Waals surface area contributed by atoms with E-state index in [9.17, 15) is 4.79 Å². The molecule has 3 aromatic rings. The van der Waals surface area contributed by atoms with Gasteiger partial charge in [-0.25, -0.2) is 0 Å². The van der Waals surface area contributed by atoms with Gasteiger partial charge in [0.25, 0.3) is 0 Å². The Hall–Kier alpha value is -2.48. The lowest BCUT2D eigenvalue weighted by atomic mass is 10.0. The maximum Gasteiger partial charge on any atom is 0.161 e. The highest BCUT2D eigenvalue weighted by molar-refractivity contribution is 5.95. The van der Waals surface area contributed by atoms with Gasteiger partial charge in [-0.15, -0.1) is 0 Å². The summed E-state index contributed by atoms with van der Waals surface area (Å²) in [5.41, 5.74) is 3.44. The first-order valence-electron chi connectivity index (χ1n) is 6.63. The molecule has 20 heavy (non-hydrogen) atoms. The SMILES string of the molecule is CC(=O)c1ccc(-c2ccc3ccccc3c2)nc1C. The average Bonchev–Trinajstić information content (AvgIpc) is 2.46. The minimum atomic E-state index is 0.0556. The zero-order valence-electron chi connectivity index (χ0n) is 11.6. The van der Waals surface area contributed by atoms with Crippen LogP contribution < -0.4 is 0 Å². The van der Waals surface area contributed by atoms with E-state index in [4.69, 9.17) is 0 Å². The zero-order chi connectivity index (χ0) is 14.1. The molecule has 0 spiro atoms. The summed E-state index contributed by atoms with van der Waals surface area (Å²) in [6.07, 6.45) is 0. The molecular weight excluding hydrogens is 246 g/mol. The molecule has 1 aromatic heterocycles. The summed E-state index contributed by atoms with van der Waals surface area (Å²) in [7, 11) is 0. The van der Waals surface area contributed by atoms with Gasteiger partial charge in [-0.05, 0) is 42.8 Å². The van der Waals surface area contributed by atoms with Crippen molar-refractivity contribution < 1.29 is 4.79 Å². The molecule has 98 valence electrons. The van der Waals surface area contributed by atoms with E-state index in [0.29, 0.717) is 5.56 Å². The molecule has 0 bridgehead atoms. The van der Waals surface area contributed by atoms with Crippen molar-refractivity contribution in [3.63, 3.8) is 0 Å². The van der Waals surface area contributed by atoms with Crippen LogP contribution in [0.15, 0.2) is 54.6 Å². The Bertz CT molecular complexity index is 805. The molecule has 0 aliphatic carbocycles. The van der Waals surface area contributed by atoms with Crippen LogP contribution in [0.25, 0.3) is 22.0 Å². The Morgan fingerprint density at radius 1 is 0.950 bits per heavy atom. The molecule has 2 heteroatoms. The van der Waals surface area contributed by atoms with Crippen molar-refractivity contribution in [1.82, 2.24) is 4.98 Å². The maximum absolute atomic E-state index is 11.4. The Morgan fingerprint density at radius 3 is 2.40 bits per heavy atom. The van der Waals surface area contributed by atoms with E-state index in [2.05, 4.69) is 35.3 Å². The normalized spacial score (nSPS) is 10.7. The van der Waals surface area contributed by atoms with Gasteiger partial charge in [0.2, 0.25) is 0 Å². The number of hydrogen-bond donors (Lipinski definition) is 0. The van der Waals surface area contributed by atoms with Crippen LogP contribution in [0.3, 0.4) is 0 Å². The number of carbonyl (C=O) groups excluding carboxylic acids is 1. The van der Waals surface area contributed by atoms with Crippen molar-refractivity contribution in [2.24, 2.45) is 0 Å². The molecule has 2 aromatic carbocycles. The van der Waals surface area contributed by atoms with Crippen molar-refractivity contribution in [3.8, 4) is 11.3 Å². The standard InChI is InChI=1S/C18H15NO/c1-12-17(13(2)20)9-10-18(19-12)16-8-7-14-5-3-4-6-15(14)11-16/h3-11H,1-2H3. The Kier molecular flexibility index (Phi) is 3.07. The number of aromatic nitrogens is 1. The van der Waals surface area contributed by atoms with E-state index in [1.54, 1.807) is 6.92 Å². The second-order valence-corrected chi connectivity index (χ2v) is 4.95. The van der Waals surface area contributed by atoms with Gasteiger partial charge in [-0.1, -0.05) is 36.4 Å². The lowest BCUT2D eigenvalue weighted by Gasteiger charge is -2.07. The zero-order valence-corrected chi connectivity index (χ0v) is 11.6. The summed E-state index contributed by atoms with van der Waals surface area (Å²) in [5.74, 6) is 0.0556. The van der Waals surface area contributed by atoms with Gasteiger partial charge >= 0.3 is 0 Å². The topological polar surface area (TPSA) is 30.0 Å². The first kappa shape index (κ1) is 12.5. The van der Waals surface area contributed by atoms with E-state index in [0.717, 1.165) is 17.0 Å². The highest BCUT2D eigenvalue weighted by Gasteiger charge is 2.07. The van der Waals surface area contributed by atoms with Gasteiger partial charge in [0.15, 0.2) is 5.78 Å². The second kappa shape index (κ2) is 4.89. The number of Topliss-reactive ketones (excluding diaryl/α,β-unsaturated/α-hetero) is 1. The molecule has 0 fully saturated rings. The molecule has 0 aliphatic heterocycles. The molecule has 0 atom stereocenters. The van der Waals surface area contributed by atoms with Gasteiger partial charge < -0.3 is 0 Å². The number of nitrogens with zero attached hydrogens (tertiary/aromatic N) is 1. The van der Waals surface area contributed by atoms with Crippen LogP contribution in [0.4, 0.5) is 0 Å². The van der Waals surface area contributed by atoms with Gasteiger partial charge in [0, 0.05) is 16.8 Å². The summed E-state index contributed by atoms with van der Waals surface area (Å²) in [5, 5.41) is 2.41. The molecule has 2 nitrogen and oxygen atoms in total. The van der Waals surface area contributed by atoms with Crippen LogP contribution in [0.2, 0.25) is 0 Å². The molecule has 0 unspecified atom stereocenters. The van der Waals surface area contributed by atoms with Crippen molar-refractivity contribution in [3.05, 3.63) is 65.9 Å². The molecule has 0 aliphatic rings. The van der Waals surface area contributed by atoms with Crippen molar-refractivity contribution in [1.29, 1.82) is 0 Å². The number of carbonyl (C=O) groups is 1. The number of fused-ring (bicyclic) bond motifs is 1. The van der Waals surface area contributed by atoms with E-state index >= 15 is 0 Å². The first-order chi connectivity index (χ1) is 9.65. The minimum absolute atomic E-state index is 0.0556. The Balaban J connectivity index is 2.11. The quantitative estimate of drug-likeness (QED) is 0.639. The lowest BCUT2D eigenvalue weighted by Crippen LogP contribution is -1.99.